The van der Waals surface area contributed by atoms with Gasteiger partial charge in [0.15, 0.2) is 0 Å². The lowest BCUT2D eigenvalue weighted by Gasteiger charge is -2.44. The zero-order valence-electron chi connectivity index (χ0n) is 42.0. The Balaban J connectivity index is 1.10. The summed E-state index contributed by atoms with van der Waals surface area (Å²) in [5, 5.41) is 0. The van der Waals surface area contributed by atoms with Gasteiger partial charge < -0.3 is 9.80 Å². The molecule has 0 saturated heterocycles. The number of aryl methyl sites for hydroxylation is 1. The van der Waals surface area contributed by atoms with Crippen molar-refractivity contribution < 1.29 is 0 Å². The molecule has 0 radical (unpaired) electrons. The Hall–Kier alpha value is -7.66. The SMILES string of the molecule is Cc1cc2c3c(c1)N(c1ccccc1)c1c(sc4c1-c1ccc(C(C)(C)C)cc1C41c4ccccc4-c4ccccc41)B3c1ccc(-c3ccccc3-c3ccccc3)cc1N2c1ccc(C(C)(C)C)cc1. The molecule has 0 N–H and O–H groups in total. The van der Waals surface area contributed by atoms with E-state index in [1.54, 1.807) is 0 Å². The molecule has 2 aliphatic carbocycles. The Kier molecular flexibility index (Phi) is 9.25. The van der Waals surface area contributed by atoms with Gasteiger partial charge in [-0.05, 0) is 143 Å². The van der Waals surface area contributed by atoms with Gasteiger partial charge in [0.1, 0.15) is 0 Å². The van der Waals surface area contributed by atoms with Crippen LogP contribution < -0.4 is 25.5 Å². The van der Waals surface area contributed by atoms with Crippen molar-refractivity contribution in [3.05, 3.63) is 245 Å². The van der Waals surface area contributed by atoms with E-state index in [4.69, 9.17) is 0 Å². The minimum absolute atomic E-state index is 0.0248. The molecule has 0 atom stereocenters. The smallest absolute Gasteiger partial charge is 0.264 e. The maximum Gasteiger partial charge on any atom is 0.264 e. The molecule has 2 nitrogen and oxygen atoms in total. The van der Waals surface area contributed by atoms with E-state index in [1.807, 2.05) is 0 Å². The van der Waals surface area contributed by atoms with Crippen molar-refractivity contribution in [2.75, 3.05) is 9.80 Å². The van der Waals surface area contributed by atoms with Crippen LogP contribution in [-0.4, -0.2) is 6.71 Å². The second kappa shape index (κ2) is 15.4. The first kappa shape index (κ1) is 43.2. The molecule has 3 heterocycles. The molecule has 10 aromatic rings. The number of anilines is 6. The number of benzene rings is 9. The summed E-state index contributed by atoms with van der Waals surface area (Å²) in [6.45, 7) is 16.2. The number of nitrogens with zero attached hydrogens (tertiary/aromatic N) is 2. The van der Waals surface area contributed by atoms with Gasteiger partial charge in [0.25, 0.3) is 6.71 Å². The predicted octanol–water partition coefficient (Wildman–Crippen LogP) is 16.4. The molecule has 0 saturated carbocycles. The molecule has 4 heteroatoms. The third-order valence-electron chi connectivity index (χ3n) is 16.2. The van der Waals surface area contributed by atoms with E-state index in [0.717, 1.165) is 5.69 Å². The van der Waals surface area contributed by atoms with Crippen LogP contribution in [0.15, 0.2) is 206 Å². The van der Waals surface area contributed by atoms with Gasteiger partial charge in [0.2, 0.25) is 0 Å². The molecule has 0 fully saturated rings. The maximum atomic E-state index is 2.65. The zero-order chi connectivity index (χ0) is 48.8. The largest absolute Gasteiger partial charge is 0.311 e. The van der Waals surface area contributed by atoms with E-state index in [0.29, 0.717) is 0 Å². The molecule has 14 rings (SSSR count). The Labute approximate surface area is 429 Å². The van der Waals surface area contributed by atoms with Crippen molar-refractivity contribution >= 4 is 67.9 Å². The summed E-state index contributed by atoms with van der Waals surface area (Å²) in [5.74, 6) is 0. The number of fused-ring (bicyclic) bond motifs is 15. The standard InChI is InChI=1S/C68H55BN2S/c1-42-38-59-62-60(39-42)71(47-22-12-9-13-23-47)63-61-53-36-33-46(67(5,6)7)41-56(53)68(54-28-18-16-26-51(54)52-27-17-19-29-55(52)68)64(61)72-65(63)69(62)57-37-30-44(50-25-15-14-24-49(50)43-20-10-8-11-21-43)40-58(57)70(59)48-34-31-45(32-35-48)66(2,3)4/h8-41H,1-7H3. The molecule has 0 unspecified atom stereocenters. The molecule has 2 aliphatic heterocycles. The van der Waals surface area contributed by atoms with Crippen LogP contribution in [-0.2, 0) is 16.2 Å². The van der Waals surface area contributed by atoms with Gasteiger partial charge >= 0.3 is 0 Å². The molecule has 0 bridgehead atoms. The lowest BCUT2D eigenvalue weighted by molar-refractivity contribution is 0.588. The minimum Gasteiger partial charge on any atom is -0.311 e. The summed E-state index contributed by atoms with van der Waals surface area (Å²) in [6.07, 6.45) is 0. The topological polar surface area (TPSA) is 6.48 Å². The first-order valence-corrected chi connectivity index (χ1v) is 26.4. The number of hydrogen-bond acceptors (Lipinski definition) is 3. The summed E-state index contributed by atoms with van der Waals surface area (Å²) < 4.78 is 1.40. The van der Waals surface area contributed by atoms with Gasteiger partial charge in [-0.3, -0.25) is 0 Å². The van der Waals surface area contributed by atoms with Gasteiger partial charge in [0, 0.05) is 43.7 Å². The quantitative estimate of drug-likeness (QED) is 0.162. The van der Waals surface area contributed by atoms with E-state index in [9.17, 15) is 0 Å². The molecular formula is C68H55BN2S. The van der Waals surface area contributed by atoms with E-state index in [-0.39, 0.29) is 17.5 Å². The summed E-state index contributed by atoms with van der Waals surface area (Å²) in [6, 6.07) is 78.7. The highest BCUT2D eigenvalue weighted by Gasteiger charge is 2.57. The maximum absolute atomic E-state index is 2.65. The van der Waals surface area contributed by atoms with Crippen LogP contribution in [0.4, 0.5) is 34.1 Å². The van der Waals surface area contributed by atoms with E-state index >= 15 is 0 Å². The van der Waals surface area contributed by atoms with Crippen LogP contribution in [0.2, 0.25) is 0 Å². The monoisotopic (exact) mass is 942 g/mol. The average Bonchev–Trinajstić information content (AvgIpc) is 4.04. The third-order valence-corrected chi connectivity index (χ3v) is 17.6. The van der Waals surface area contributed by atoms with E-state index in [1.165, 1.54) is 127 Å². The molecule has 0 amide bonds. The lowest BCUT2D eigenvalue weighted by atomic mass is 9.36. The van der Waals surface area contributed by atoms with Crippen LogP contribution >= 0.6 is 11.3 Å². The molecular weight excluding hydrogens is 888 g/mol. The average molecular weight is 943 g/mol. The molecule has 1 aromatic heterocycles. The van der Waals surface area contributed by atoms with Crippen LogP contribution in [0, 0.1) is 6.92 Å². The number of thiophene rings is 1. The van der Waals surface area contributed by atoms with Gasteiger partial charge in [0.05, 0.1) is 11.1 Å². The highest BCUT2D eigenvalue weighted by molar-refractivity contribution is 7.30. The van der Waals surface area contributed by atoms with Crippen LogP contribution in [0.25, 0.3) is 44.5 Å². The summed E-state index contributed by atoms with van der Waals surface area (Å²) in [4.78, 5) is 6.66. The van der Waals surface area contributed by atoms with Crippen molar-refractivity contribution in [2.24, 2.45) is 0 Å². The second-order valence-corrected chi connectivity index (χ2v) is 23.6. The van der Waals surface area contributed by atoms with Crippen LogP contribution in [0.5, 0.6) is 0 Å². The highest BCUT2D eigenvalue weighted by Crippen LogP contribution is 2.67. The number of rotatable bonds is 4. The molecule has 4 aliphatic rings. The molecule has 9 aromatic carbocycles. The van der Waals surface area contributed by atoms with Crippen molar-refractivity contribution in [3.63, 3.8) is 0 Å². The van der Waals surface area contributed by atoms with E-state index < -0.39 is 5.41 Å². The molecule has 346 valence electrons. The zero-order valence-corrected chi connectivity index (χ0v) is 42.8. The fraction of sp³-hybridized carbons (Fsp3) is 0.147. The summed E-state index contributed by atoms with van der Waals surface area (Å²) in [5.41, 5.74) is 27.9. The first-order chi connectivity index (χ1) is 34.9. The van der Waals surface area contributed by atoms with Crippen molar-refractivity contribution in [2.45, 2.75) is 64.7 Å². The molecule has 1 spiro atoms. The van der Waals surface area contributed by atoms with Crippen molar-refractivity contribution in [1.29, 1.82) is 0 Å². The van der Waals surface area contributed by atoms with E-state index in [2.05, 4.69) is 276 Å². The third kappa shape index (κ3) is 6.02. The highest BCUT2D eigenvalue weighted by atomic mass is 32.1. The van der Waals surface area contributed by atoms with Crippen molar-refractivity contribution in [3.8, 4) is 44.5 Å². The Morgan fingerprint density at radius 3 is 1.61 bits per heavy atom. The summed E-state index contributed by atoms with van der Waals surface area (Å²) >= 11 is 2.06. The van der Waals surface area contributed by atoms with Gasteiger partial charge in [-0.15, -0.1) is 11.3 Å². The fourth-order valence-electron chi connectivity index (χ4n) is 12.9. The van der Waals surface area contributed by atoms with Gasteiger partial charge in [-0.1, -0.05) is 205 Å². The van der Waals surface area contributed by atoms with Crippen LogP contribution in [0.1, 0.15) is 79.8 Å². The van der Waals surface area contributed by atoms with Crippen LogP contribution in [0.3, 0.4) is 0 Å². The first-order valence-electron chi connectivity index (χ1n) is 25.6. The Bertz CT molecular complexity index is 3810. The van der Waals surface area contributed by atoms with Crippen molar-refractivity contribution in [1.82, 2.24) is 0 Å². The second-order valence-electron chi connectivity index (χ2n) is 22.5. The Morgan fingerprint density at radius 2 is 0.972 bits per heavy atom. The fourth-order valence-corrected chi connectivity index (χ4v) is 14.6. The normalized spacial score (nSPS) is 14.3. The number of hydrogen-bond donors (Lipinski definition) is 0. The molecule has 72 heavy (non-hydrogen) atoms. The minimum atomic E-state index is -0.488. The number of para-hydroxylation sites is 1. The van der Waals surface area contributed by atoms with Gasteiger partial charge in [-0.25, -0.2) is 0 Å². The van der Waals surface area contributed by atoms with Gasteiger partial charge in [-0.2, -0.15) is 0 Å². The lowest BCUT2D eigenvalue weighted by Crippen LogP contribution is -2.60. The summed E-state index contributed by atoms with van der Waals surface area (Å²) in [7, 11) is 0. The predicted molar refractivity (Wildman–Crippen MR) is 308 cm³/mol. The Morgan fingerprint density at radius 1 is 0.431 bits per heavy atom.